The van der Waals surface area contributed by atoms with Gasteiger partial charge in [0.1, 0.15) is 0 Å². The maximum atomic E-state index is 13.8. The van der Waals surface area contributed by atoms with Crippen molar-refractivity contribution in [2.45, 2.75) is 25.5 Å². The molecule has 0 fully saturated rings. The Balaban J connectivity index is 2.75. The summed E-state index contributed by atoms with van der Waals surface area (Å²) in [4.78, 5) is 11.8. The molecule has 1 unspecified atom stereocenters. The van der Waals surface area contributed by atoms with Crippen LogP contribution >= 0.6 is 11.8 Å². The van der Waals surface area contributed by atoms with Crippen molar-refractivity contribution in [1.82, 2.24) is 0 Å². The quantitative estimate of drug-likeness (QED) is 0.728. The van der Waals surface area contributed by atoms with Gasteiger partial charge in [-0.15, -0.1) is 0 Å². The molecule has 2 nitrogen and oxygen atoms in total. The smallest absolute Gasteiger partial charge is 0.175 e. The average molecular weight is 256 g/mol. The molecule has 0 saturated heterocycles. The van der Waals surface area contributed by atoms with Crippen LogP contribution in [-0.4, -0.2) is 23.9 Å². The van der Waals surface area contributed by atoms with Crippen LogP contribution in [0.4, 0.5) is 4.39 Å². The predicted molar refractivity (Wildman–Crippen MR) is 69.5 cm³/mol. The van der Waals surface area contributed by atoms with Gasteiger partial charge in [-0.2, -0.15) is 11.8 Å². The van der Waals surface area contributed by atoms with Crippen molar-refractivity contribution < 1.29 is 13.9 Å². The Kier molecular flexibility index (Phi) is 5.48. The van der Waals surface area contributed by atoms with Crippen molar-refractivity contribution >= 4 is 17.5 Å². The summed E-state index contributed by atoms with van der Waals surface area (Å²) in [6, 6.07) is 4.63. The van der Waals surface area contributed by atoms with Gasteiger partial charge in [0, 0.05) is 5.25 Å². The maximum absolute atomic E-state index is 13.8. The van der Waals surface area contributed by atoms with E-state index in [1.165, 1.54) is 19.2 Å². The highest BCUT2D eigenvalue weighted by molar-refractivity contribution is 8.00. The largest absolute Gasteiger partial charge is 0.494 e. The number of halogens is 1. The molecule has 0 spiro atoms. The van der Waals surface area contributed by atoms with E-state index in [4.69, 9.17) is 4.74 Å². The molecule has 0 radical (unpaired) electrons. The van der Waals surface area contributed by atoms with Crippen LogP contribution in [0.25, 0.3) is 0 Å². The lowest BCUT2D eigenvalue weighted by Crippen LogP contribution is -2.09. The number of benzene rings is 1. The van der Waals surface area contributed by atoms with Gasteiger partial charge in [-0.25, -0.2) is 4.39 Å². The molecule has 0 N–H and O–H groups in total. The number of hydrogen-bond acceptors (Lipinski definition) is 3. The second kappa shape index (κ2) is 6.64. The zero-order chi connectivity index (χ0) is 12.8. The molecular formula is C13H17FO2S. The number of hydrogen-bond donors (Lipinski definition) is 0. The standard InChI is InChI=1S/C13H17FO2S/c1-4-9(2)17-8-11(15)10-6-5-7-12(16-3)13(10)14/h5-7,9H,4,8H2,1-3H3. The fourth-order valence-electron chi connectivity index (χ4n) is 1.30. The van der Waals surface area contributed by atoms with Crippen molar-refractivity contribution in [3.63, 3.8) is 0 Å². The first kappa shape index (κ1) is 14.0. The molecule has 1 atom stereocenters. The van der Waals surface area contributed by atoms with Crippen LogP contribution < -0.4 is 4.74 Å². The van der Waals surface area contributed by atoms with Gasteiger partial charge >= 0.3 is 0 Å². The Morgan fingerprint density at radius 1 is 1.53 bits per heavy atom. The van der Waals surface area contributed by atoms with E-state index in [9.17, 15) is 9.18 Å². The fraction of sp³-hybridized carbons (Fsp3) is 0.462. The van der Waals surface area contributed by atoms with Crippen LogP contribution in [0.2, 0.25) is 0 Å². The van der Waals surface area contributed by atoms with Gasteiger partial charge < -0.3 is 4.74 Å². The molecule has 1 aromatic rings. The highest BCUT2D eigenvalue weighted by atomic mass is 32.2. The van der Waals surface area contributed by atoms with Crippen molar-refractivity contribution in [3.05, 3.63) is 29.6 Å². The van der Waals surface area contributed by atoms with E-state index in [2.05, 4.69) is 13.8 Å². The molecular weight excluding hydrogens is 239 g/mol. The number of ether oxygens (including phenoxy) is 1. The van der Waals surface area contributed by atoms with Crippen LogP contribution in [0, 0.1) is 5.82 Å². The lowest BCUT2D eigenvalue weighted by atomic mass is 10.1. The molecule has 0 saturated carbocycles. The Hall–Kier alpha value is -1.03. The number of rotatable bonds is 6. The summed E-state index contributed by atoms with van der Waals surface area (Å²) in [5.41, 5.74) is 0.111. The van der Waals surface area contributed by atoms with Crippen molar-refractivity contribution in [1.29, 1.82) is 0 Å². The number of Topliss-reactive ketones (excluding diaryl/α,β-unsaturated/α-hetero) is 1. The lowest BCUT2D eigenvalue weighted by molar-refractivity contribution is 0.101. The first-order valence-corrected chi connectivity index (χ1v) is 6.62. The first-order valence-electron chi connectivity index (χ1n) is 5.57. The number of carbonyl (C=O) groups excluding carboxylic acids is 1. The summed E-state index contributed by atoms with van der Waals surface area (Å²) in [6.07, 6.45) is 0.999. The Morgan fingerprint density at radius 2 is 2.24 bits per heavy atom. The second-order valence-electron chi connectivity index (χ2n) is 3.77. The number of thioether (sulfide) groups is 1. The van der Waals surface area contributed by atoms with Crippen LogP contribution in [0.1, 0.15) is 30.6 Å². The fourth-order valence-corrected chi connectivity index (χ4v) is 2.12. The molecule has 0 aliphatic rings. The van der Waals surface area contributed by atoms with E-state index in [0.717, 1.165) is 6.42 Å². The van der Waals surface area contributed by atoms with Gasteiger partial charge in [-0.3, -0.25) is 4.79 Å². The molecule has 0 aliphatic carbocycles. The predicted octanol–water partition coefficient (Wildman–Crippen LogP) is 3.55. The summed E-state index contributed by atoms with van der Waals surface area (Å²) >= 11 is 1.54. The summed E-state index contributed by atoms with van der Waals surface area (Å²) in [7, 11) is 1.39. The zero-order valence-electron chi connectivity index (χ0n) is 10.3. The molecule has 0 bridgehead atoms. The van der Waals surface area contributed by atoms with Crippen LogP contribution in [0.15, 0.2) is 18.2 Å². The Bertz CT molecular complexity index is 393. The molecule has 4 heteroatoms. The number of carbonyl (C=O) groups is 1. The van der Waals surface area contributed by atoms with Gasteiger partial charge in [-0.1, -0.05) is 19.9 Å². The van der Waals surface area contributed by atoms with Crippen LogP contribution in [-0.2, 0) is 0 Å². The third-order valence-corrected chi connectivity index (χ3v) is 3.89. The van der Waals surface area contributed by atoms with Crippen LogP contribution in [0.5, 0.6) is 5.75 Å². The van der Waals surface area contributed by atoms with E-state index in [1.54, 1.807) is 17.8 Å². The summed E-state index contributed by atoms with van der Waals surface area (Å²) < 4.78 is 18.6. The lowest BCUT2D eigenvalue weighted by Gasteiger charge is -2.09. The molecule has 0 aromatic heterocycles. The zero-order valence-corrected chi connectivity index (χ0v) is 11.1. The molecule has 1 aromatic carbocycles. The highest BCUT2D eigenvalue weighted by Gasteiger charge is 2.16. The third kappa shape index (κ3) is 3.73. The van der Waals surface area contributed by atoms with Gasteiger partial charge in [0.25, 0.3) is 0 Å². The number of ketones is 1. The van der Waals surface area contributed by atoms with Gasteiger partial charge in [0.05, 0.1) is 18.4 Å². The van der Waals surface area contributed by atoms with Crippen molar-refractivity contribution in [2.24, 2.45) is 0 Å². The minimum Gasteiger partial charge on any atom is -0.494 e. The van der Waals surface area contributed by atoms with E-state index >= 15 is 0 Å². The van der Waals surface area contributed by atoms with Gasteiger partial charge in [-0.05, 0) is 18.6 Å². The maximum Gasteiger partial charge on any atom is 0.175 e. The Morgan fingerprint density at radius 3 is 2.82 bits per heavy atom. The molecule has 1 rings (SSSR count). The van der Waals surface area contributed by atoms with E-state index in [-0.39, 0.29) is 17.1 Å². The van der Waals surface area contributed by atoms with Crippen LogP contribution in [0.3, 0.4) is 0 Å². The van der Waals surface area contributed by atoms with Crippen molar-refractivity contribution in [3.8, 4) is 5.75 Å². The van der Waals surface area contributed by atoms with E-state index < -0.39 is 5.82 Å². The number of methoxy groups -OCH3 is 1. The molecule has 0 heterocycles. The van der Waals surface area contributed by atoms with Crippen molar-refractivity contribution in [2.75, 3.05) is 12.9 Å². The summed E-state index contributed by atoms with van der Waals surface area (Å²) in [6.45, 7) is 4.12. The minimum atomic E-state index is -0.565. The SMILES string of the molecule is CCC(C)SCC(=O)c1cccc(OC)c1F. The average Bonchev–Trinajstić information content (AvgIpc) is 2.35. The molecule has 94 valence electrons. The molecule has 0 aliphatic heterocycles. The summed E-state index contributed by atoms with van der Waals surface area (Å²) in [5, 5.41) is 0.410. The summed E-state index contributed by atoms with van der Waals surface area (Å²) in [5.74, 6) is -0.333. The topological polar surface area (TPSA) is 26.3 Å². The van der Waals surface area contributed by atoms with Gasteiger partial charge in [0.15, 0.2) is 17.3 Å². The Labute approximate surface area is 106 Å². The third-order valence-electron chi connectivity index (χ3n) is 2.56. The minimum absolute atomic E-state index is 0.111. The van der Waals surface area contributed by atoms with Gasteiger partial charge in [0.2, 0.25) is 0 Å². The highest BCUT2D eigenvalue weighted by Crippen LogP contribution is 2.22. The molecule has 17 heavy (non-hydrogen) atoms. The van der Waals surface area contributed by atoms with E-state index in [0.29, 0.717) is 11.0 Å². The molecule has 0 amide bonds. The van der Waals surface area contributed by atoms with E-state index in [1.807, 2.05) is 0 Å². The normalized spacial score (nSPS) is 12.2. The second-order valence-corrected chi connectivity index (χ2v) is 5.20. The monoisotopic (exact) mass is 256 g/mol. The first-order chi connectivity index (χ1) is 8.10.